The summed E-state index contributed by atoms with van der Waals surface area (Å²) in [6, 6.07) is 7.25. The number of nitrogens with zero attached hydrogens (tertiary/aromatic N) is 4. The van der Waals surface area contributed by atoms with Crippen LogP contribution in [-0.2, 0) is 9.53 Å². The number of piperazine rings is 1. The van der Waals surface area contributed by atoms with Gasteiger partial charge in [-0.05, 0) is 50.1 Å². The first kappa shape index (κ1) is 31.3. The lowest BCUT2D eigenvalue weighted by Crippen LogP contribution is -2.55. The quantitative estimate of drug-likeness (QED) is 0.306. The number of amides is 2. The van der Waals surface area contributed by atoms with Crippen molar-refractivity contribution in [2.75, 3.05) is 60.5 Å². The number of aromatic nitrogens is 1. The highest BCUT2D eigenvalue weighted by Gasteiger charge is 2.33. The molecule has 2 aromatic carbocycles. The third-order valence-corrected chi connectivity index (χ3v) is 8.73. The number of cyclic esters (lactones) is 1. The largest absolute Gasteiger partial charge is 0.477 e. The van der Waals surface area contributed by atoms with E-state index in [4.69, 9.17) is 4.74 Å². The number of benzene rings is 2. The summed E-state index contributed by atoms with van der Waals surface area (Å²) in [4.78, 5) is 53.3. The molecule has 46 heavy (non-hydrogen) atoms. The molecule has 0 spiro atoms. The number of carbonyl (C=O) groups excluding carboxylic acids is 2. The van der Waals surface area contributed by atoms with Gasteiger partial charge in [0.15, 0.2) is 0 Å². The van der Waals surface area contributed by atoms with Crippen LogP contribution in [0.1, 0.15) is 43.1 Å². The van der Waals surface area contributed by atoms with Gasteiger partial charge in [0, 0.05) is 63.3 Å². The first-order valence-corrected chi connectivity index (χ1v) is 15.4. The number of anilines is 3. The van der Waals surface area contributed by atoms with Gasteiger partial charge in [0.05, 0.1) is 35.7 Å². The van der Waals surface area contributed by atoms with Crippen molar-refractivity contribution in [1.82, 2.24) is 15.2 Å². The Kier molecular flexibility index (Phi) is 8.55. The monoisotopic (exact) mass is 638 g/mol. The van der Waals surface area contributed by atoms with E-state index in [9.17, 15) is 24.3 Å². The van der Waals surface area contributed by atoms with Gasteiger partial charge in [0.2, 0.25) is 11.3 Å². The van der Waals surface area contributed by atoms with Crippen molar-refractivity contribution in [1.29, 1.82) is 0 Å². The summed E-state index contributed by atoms with van der Waals surface area (Å²) in [7, 11) is 0. The van der Waals surface area contributed by atoms with Crippen LogP contribution in [0.4, 0.5) is 30.6 Å². The summed E-state index contributed by atoms with van der Waals surface area (Å²) in [5, 5.41) is 15.6. The van der Waals surface area contributed by atoms with Gasteiger partial charge < -0.3 is 34.8 Å². The van der Waals surface area contributed by atoms with Crippen LogP contribution in [0, 0.1) is 11.6 Å². The molecule has 2 aliphatic heterocycles. The predicted octanol–water partition coefficient (Wildman–Crippen LogP) is 3.08. The zero-order chi connectivity index (χ0) is 32.7. The van der Waals surface area contributed by atoms with E-state index in [-0.39, 0.29) is 42.0 Å². The number of aromatic carboxylic acids is 1. The van der Waals surface area contributed by atoms with Gasteiger partial charge in [-0.1, -0.05) is 0 Å². The number of ether oxygens (including phenoxy) is 1. The molecule has 3 fully saturated rings. The number of pyridine rings is 1. The highest BCUT2D eigenvalue weighted by atomic mass is 19.1. The van der Waals surface area contributed by atoms with Crippen molar-refractivity contribution in [2.45, 2.75) is 44.9 Å². The summed E-state index contributed by atoms with van der Waals surface area (Å²) in [5.74, 6) is -2.69. The minimum Gasteiger partial charge on any atom is -0.477 e. The number of hydrogen-bond acceptors (Lipinski definition) is 8. The Morgan fingerprint density at radius 1 is 1.13 bits per heavy atom. The normalized spacial score (nSPS) is 19.8. The second kappa shape index (κ2) is 12.6. The molecule has 0 unspecified atom stereocenters. The third kappa shape index (κ3) is 6.21. The Bertz CT molecular complexity index is 1760. The summed E-state index contributed by atoms with van der Waals surface area (Å²) >= 11 is 0. The van der Waals surface area contributed by atoms with Crippen LogP contribution >= 0.6 is 0 Å². The van der Waals surface area contributed by atoms with Gasteiger partial charge in [-0.3, -0.25) is 14.5 Å². The molecule has 3 aliphatic rings. The minimum absolute atomic E-state index is 0.0428. The molecule has 244 valence electrons. The highest BCUT2D eigenvalue weighted by Crippen LogP contribution is 2.38. The maximum atomic E-state index is 15.6. The van der Waals surface area contributed by atoms with Gasteiger partial charge in [-0.2, -0.15) is 0 Å². The maximum absolute atomic E-state index is 15.6. The Morgan fingerprint density at radius 2 is 1.91 bits per heavy atom. The van der Waals surface area contributed by atoms with Gasteiger partial charge >= 0.3 is 12.1 Å². The Morgan fingerprint density at radius 3 is 2.59 bits per heavy atom. The van der Waals surface area contributed by atoms with Gasteiger partial charge in [0.25, 0.3) is 0 Å². The lowest BCUT2D eigenvalue weighted by molar-refractivity contribution is -0.119. The van der Waals surface area contributed by atoms with Gasteiger partial charge in [0.1, 0.15) is 23.3 Å². The van der Waals surface area contributed by atoms with E-state index in [1.807, 2.05) is 16.7 Å². The molecule has 14 heteroatoms. The fourth-order valence-electron chi connectivity index (χ4n) is 6.25. The number of halogens is 2. The Balaban J connectivity index is 1.19. The van der Waals surface area contributed by atoms with Crippen LogP contribution in [0.3, 0.4) is 0 Å². The SMILES string of the molecule is CCN(C[C@@H]1CN(c2cc3c(cc2F)c(=O)c(C(=O)O)cn3C2CC2)CCN1)c1ccc(N2C[C@H](CNC(C)=O)OC2=O)cc1F. The second-order valence-corrected chi connectivity index (χ2v) is 12.0. The Hall–Kier alpha value is -4.72. The van der Waals surface area contributed by atoms with Crippen molar-refractivity contribution in [2.24, 2.45) is 0 Å². The first-order valence-electron chi connectivity index (χ1n) is 15.4. The van der Waals surface area contributed by atoms with E-state index in [1.165, 1.54) is 24.1 Å². The van der Waals surface area contributed by atoms with E-state index in [1.54, 1.807) is 22.8 Å². The molecule has 6 rings (SSSR count). The number of fused-ring (bicyclic) bond motifs is 1. The zero-order valence-corrected chi connectivity index (χ0v) is 25.6. The Labute approximate surface area is 263 Å². The standard InChI is InChI=1S/C32H36F2N6O6/c1-3-37(27-7-6-21(10-25(27)33)40-16-22(46-32(40)45)13-36-18(2)41)14-19-15-38(9-8-35-19)29-12-28-23(11-26(29)34)30(42)24(31(43)44)17-39(28)20-4-5-20/h6-7,10-12,17,19-20,22,35H,3-5,8-9,13-16H2,1-2H3,(H,36,41)(H,43,44)/t19-,22+/m1/s1. The molecule has 0 radical (unpaired) electrons. The molecule has 12 nitrogen and oxygen atoms in total. The summed E-state index contributed by atoms with van der Waals surface area (Å²) in [5.41, 5.74) is 0.448. The fraction of sp³-hybridized carbons (Fsp3) is 0.438. The lowest BCUT2D eigenvalue weighted by Gasteiger charge is -2.38. The highest BCUT2D eigenvalue weighted by molar-refractivity contribution is 5.94. The molecule has 1 aliphatic carbocycles. The summed E-state index contributed by atoms with van der Waals surface area (Å²) < 4.78 is 38.1. The van der Waals surface area contributed by atoms with E-state index in [2.05, 4.69) is 10.6 Å². The van der Waals surface area contributed by atoms with E-state index in [0.29, 0.717) is 55.3 Å². The molecule has 2 atom stereocenters. The van der Waals surface area contributed by atoms with Crippen molar-refractivity contribution in [3.05, 3.63) is 63.9 Å². The van der Waals surface area contributed by atoms with E-state index in [0.717, 1.165) is 18.9 Å². The number of carboxylic acid groups (broad SMARTS) is 1. The zero-order valence-electron chi connectivity index (χ0n) is 25.6. The number of carboxylic acids is 1. The molecule has 2 saturated heterocycles. The molecule has 0 bridgehead atoms. The summed E-state index contributed by atoms with van der Waals surface area (Å²) in [6.45, 7) is 5.99. The molecular weight excluding hydrogens is 602 g/mol. The molecule has 3 N–H and O–H groups in total. The average molecular weight is 639 g/mol. The molecule has 3 heterocycles. The smallest absolute Gasteiger partial charge is 0.414 e. The fourth-order valence-corrected chi connectivity index (χ4v) is 6.25. The number of nitrogens with one attached hydrogen (secondary N) is 2. The molecule has 3 aromatic rings. The number of likely N-dealkylation sites (N-methyl/N-ethyl adjacent to an activating group) is 1. The topological polar surface area (TPSA) is 136 Å². The van der Waals surface area contributed by atoms with E-state index >= 15 is 8.78 Å². The van der Waals surface area contributed by atoms with Crippen molar-refractivity contribution >= 4 is 45.9 Å². The van der Waals surface area contributed by atoms with Crippen LogP contribution in [0.15, 0.2) is 41.3 Å². The minimum atomic E-state index is -1.34. The maximum Gasteiger partial charge on any atom is 0.414 e. The van der Waals surface area contributed by atoms with Crippen molar-refractivity contribution in [3.63, 3.8) is 0 Å². The van der Waals surface area contributed by atoms with E-state index < -0.39 is 35.2 Å². The van der Waals surface area contributed by atoms with Crippen LogP contribution in [0.25, 0.3) is 10.9 Å². The number of hydrogen-bond donors (Lipinski definition) is 3. The first-order chi connectivity index (χ1) is 22.0. The third-order valence-electron chi connectivity index (χ3n) is 8.73. The molecule has 1 saturated carbocycles. The molecule has 1 aromatic heterocycles. The predicted molar refractivity (Wildman–Crippen MR) is 168 cm³/mol. The van der Waals surface area contributed by atoms with Crippen LogP contribution in [-0.4, -0.2) is 85.6 Å². The average Bonchev–Trinajstić information content (AvgIpc) is 3.80. The van der Waals surface area contributed by atoms with Crippen LogP contribution in [0.2, 0.25) is 0 Å². The van der Waals surface area contributed by atoms with Crippen LogP contribution in [0.5, 0.6) is 0 Å². The number of carbonyl (C=O) groups is 3. The second-order valence-electron chi connectivity index (χ2n) is 12.0. The number of rotatable bonds is 10. The summed E-state index contributed by atoms with van der Waals surface area (Å²) in [6.07, 6.45) is 1.92. The van der Waals surface area contributed by atoms with Crippen molar-refractivity contribution < 1.29 is 33.0 Å². The molecule has 2 amide bonds. The lowest BCUT2D eigenvalue weighted by atomic mass is 10.1. The van der Waals surface area contributed by atoms with Gasteiger partial charge in [-0.15, -0.1) is 0 Å². The van der Waals surface area contributed by atoms with Crippen molar-refractivity contribution in [3.8, 4) is 0 Å². The van der Waals surface area contributed by atoms with Crippen LogP contribution < -0.4 is 30.8 Å². The molecular formula is C32H36F2N6O6. The van der Waals surface area contributed by atoms with Gasteiger partial charge in [-0.25, -0.2) is 18.4 Å².